The van der Waals surface area contributed by atoms with Gasteiger partial charge in [-0.1, -0.05) is 19.1 Å². The van der Waals surface area contributed by atoms with Gasteiger partial charge in [0.05, 0.1) is 12.3 Å². The number of furan rings is 1. The Hall–Kier alpha value is -1.42. The largest absolute Gasteiger partial charge is 0.464 e. The molecule has 92 valence electrons. The van der Waals surface area contributed by atoms with E-state index in [1.807, 2.05) is 31.2 Å². The lowest BCUT2D eigenvalue weighted by Crippen LogP contribution is -2.37. The Bertz CT molecular complexity index is 481. The minimum atomic E-state index is -2.36. The third-order valence-corrected chi connectivity index (χ3v) is 2.75. The molecule has 1 unspecified atom stereocenters. The molecule has 1 heterocycles. The molecule has 0 radical (unpaired) electrons. The van der Waals surface area contributed by atoms with E-state index in [0.717, 1.165) is 16.5 Å². The van der Waals surface area contributed by atoms with E-state index >= 15 is 0 Å². The summed E-state index contributed by atoms with van der Waals surface area (Å²) in [6.07, 6.45) is -0.451. The maximum Gasteiger partial charge on any atom is 0.254 e. The normalized spacial score (nSPS) is 13.4. The first-order valence-electron chi connectivity index (χ1n) is 5.68. The van der Waals surface area contributed by atoms with Crippen molar-refractivity contribution in [3.05, 3.63) is 36.1 Å². The van der Waals surface area contributed by atoms with Crippen LogP contribution in [0.2, 0.25) is 0 Å². The smallest absolute Gasteiger partial charge is 0.254 e. The second-order valence-electron chi connectivity index (χ2n) is 4.00. The molecule has 4 heteroatoms. The van der Waals surface area contributed by atoms with Crippen LogP contribution in [-0.4, -0.2) is 19.0 Å². The summed E-state index contributed by atoms with van der Waals surface area (Å²) in [5, 5.41) is 3.78. The monoisotopic (exact) mass is 239 g/mol. The van der Waals surface area contributed by atoms with Crippen LogP contribution < -0.4 is 5.32 Å². The molecule has 1 atom stereocenters. The van der Waals surface area contributed by atoms with Crippen LogP contribution in [-0.2, 0) is 6.42 Å². The molecule has 0 saturated heterocycles. The highest BCUT2D eigenvalue weighted by molar-refractivity contribution is 5.77. The number of alkyl halides is 2. The van der Waals surface area contributed by atoms with Gasteiger partial charge in [0, 0.05) is 5.39 Å². The van der Waals surface area contributed by atoms with E-state index in [1.165, 1.54) is 0 Å². The third-order valence-electron chi connectivity index (χ3n) is 2.75. The van der Waals surface area contributed by atoms with Crippen molar-refractivity contribution in [1.29, 1.82) is 0 Å². The summed E-state index contributed by atoms with van der Waals surface area (Å²) in [4.78, 5) is 0. The van der Waals surface area contributed by atoms with Crippen LogP contribution >= 0.6 is 0 Å². The summed E-state index contributed by atoms with van der Waals surface area (Å²) in [7, 11) is 0. The van der Waals surface area contributed by atoms with Crippen molar-refractivity contribution in [1.82, 2.24) is 5.32 Å². The summed E-state index contributed by atoms with van der Waals surface area (Å²) >= 11 is 0. The molecule has 1 N–H and O–H groups in total. The Kier molecular flexibility index (Phi) is 3.74. The minimum absolute atomic E-state index is 0.308. The van der Waals surface area contributed by atoms with Crippen LogP contribution in [0.1, 0.15) is 12.5 Å². The lowest BCUT2D eigenvalue weighted by atomic mass is 10.1. The molecule has 0 aliphatic heterocycles. The van der Waals surface area contributed by atoms with E-state index < -0.39 is 12.5 Å². The zero-order valence-corrected chi connectivity index (χ0v) is 9.62. The molecule has 17 heavy (non-hydrogen) atoms. The van der Waals surface area contributed by atoms with E-state index in [2.05, 4.69) is 5.32 Å². The summed E-state index contributed by atoms with van der Waals surface area (Å²) in [5.41, 5.74) is 1.60. The average molecular weight is 239 g/mol. The van der Waals surface area contributed by atoms with Gasteiger partial charge < -0.3 is 9.73 Å². The average Bonchev–Trinajstić information content (AvgIpc) is 2.75. The van der Waals surface area contributed by atoms with E-state index in [4.69, 9.17) is 4.42 Å². The highest BCUT2D eigenvalue weighted by Gasteiger charge is 2.19. The minimum Gasteiger partial charge on any atom is -0.464 e. The fourth-order valence-electron chi connectivity index (χ4n) is 1.89. The Morgan fingerprint density at radius 1 is 1.29 bits per heavy atom. The quantitative estimate of drug-likeness (QED) is 0.866. The fourth-order valence-corrected chi connectivity index (χ4v) is 1.89. The lowest BCUT2D eigenvalue weighted by molar-refractivity contribution is 0.0991. The summed E-state index contributed by atoms with van der Waals surface area (Å²) in [6.45, 7) is 2.36. The SMILES string of the molecule is CCNC(Cc1ccc2ccoc2c1)C(F)F. The molecule has 2 nitrogen and oxygen atoms in total. The second-order valence-corrected chi connectivity index (χ2v) is 4.00. The number of hydrogen-bond acceptors (Lipinski definition) is 2. The first kappa shape index (κ1) is 12.0. The van der Waals surface area contributed by atoms with E-state index in [-0.39, 0.29) is 0 Å². The highest BCUT2D eigenvalue weighted by atomic mass is 19.3. The molecule has 0 bridgehead atoms. The Labute approximate surface area is 98.6 Å². The summed E-state index contributed by atoms with van der Waals surface area (Å²) in [5.74, 6) is 0. The zero-order chi connectivity index (χ0) is 12.3. The van der Waals surface area contributed by atoms with Crippen LogP contribution in [0.25, 0.3) is 11.0 Å². The molecular formula is C13H15F2NO. The van der Waals surface area contributed by atoms with Gasteiger partial charge in [-0.25, -0.2) is 8.78 Å². The van der Waals surface area contributed by atoms with Gasteiger partial charge in [0.25, 0.3) is 6.43 Å². The second kappa shape index (κ2) is 5.27. The molecular weight excluding hydrogens is 224 g/mol. The molecule has 2 aromatic rings. The van der Waals surface area contributed by atoms with Gasteiger partial charge in [-0.3, -0.25) is 0 Å². The molecule has 0 amide bonds. The molecule has 0 fully saturated rings. The van der Waals surface area contributed by atoms with Crippen molar-refractivity contribution < 1.29 is 13.2 Å². The van der Waals surface area contributed by atoms with E-state index in [0.29, 0.717) is 13.0 Å². The zero-order valence-electron chi connectivity index (χ0n) is 9.62. The number of benzene rings is 1. The Balaban J connectivity index is 2.15. The van der Waals surface area contributed by atoms with Gasteiger partial charge in [0.1, 0.15) is 5.58 Å². The number of hydrogen-bond donors (Lipinski definition) is 1. The molecule has 1 aromatic carbocycles. The van der Waals surface area contributed by atoms with Gasteiger partial charge in [0.15, 0.2) is 0 Å². The van der Waals surface area contributed by atoms with Gasteiger partial charge in [-0.05, 0) is 30.7 Å². The van der Waals surface area contributed by atoms with Crippen LogP contribution in [0, 0.1) is 0 Å². The number of halogens is 2. The van der Waals surface area contributed by atoms with E-state index in [9.17, 15) is 8.78 Å². The van der Waals surface area contributed by atoms with Gasteiger partial charge >= 0.3 is 0 Å². The molecule has 0 aliphatic rings. The van der Waals surface area contributed by atoms with Gasteiger partial charge in [-0.15, -0.1) is 0 Å². The molecule has 0 spiro atoms. The maximum absolute atomic E-state index is 12.7. The number of fused-ring (bicyclic) bond motifs is 1. The van der Waals surface area contributed by atoms with Gasteiger partial charge in [-0.2, -0.15) is 0 Å². The molecule has 0 saturated carbocycles. The number of rotatable bonds is 5. The van der Waals surface area contributed by atoms with Crippen molar-refractivity contribution in [2.45, 2.75) is 25.8 Å². The Morgan fingerprint density at radius 2 is 2.12 bits per heavy atom. The third kappa shape index (κ3) is 2.82. The highest BCUT2D eigenvalue weighted by Crippen LogP contribution is 2.19. The number of nitrogens with one attached hydrogen (secondary N) is 1. The first-order chi connectivity index (χ1) is 8.20. The van der Waals surface area contributed by atoms with Crippen molar-refractivity contribution in [3.63, 3.8) is 0 Å². The van der Waals surface area contributed by atoms with Crippen molar-refractivity contribution >= 4 is 11.0 Å². The lowest BCUT2D eigenvalue weighted by Gasteiger charge is -2.16. The van der Waals surface area contributed by atoms with Crippen LogP contribution in [0.4, 0.5) is 8.78 Å². The predicted molar refractivity (Wildman–Crippen MR) is 63.4 cm³/mol. The van der Waals surface area contributed by atoms with E-state index in [1.54, 1.807) is 6.26 Å². The Morgan fingerprint density at radius 3 is 2.82 bits per heavy atom. The first-order valence-corrected chi connectivity index (χ1v) is 5.68. The van der Waals surface area contributed by atoms with Crippen LogP contribution in [0.5, 0.6) is 0 Å². The van der Waals surface area contributed by atoms with Gasteiger partial charge in [0.2, 0.25) is 0 Å². The predicted octanol–water partition coefficient (Wildman–Crippen LogP) is 3.22. The van der Waals surface area contributed by atoms with Crippen molar-refractivity contribution in [2.24, 2.45) is 0 Å². The van der Waals surface area contributed by atoms with Crippen LogP contribution in [0.15, 0.2) is 34.9 Å². The summed E-state index contributed by atoms with van der Waals surface area (Å²) in [6, 6.07) is 6.64. The standard InChI is InChI=1S/C13H15F2NO/c1-2-16-11(13(14)15)7-9-3-4-10-5-6-17-12(10)8-9/h3-6,8,11,13,16H,2,7H2,1H3. The topological polar surface area (TPSA) is 25.2 Å². The molecule has 2 rings (SSSR count). The van der Waals surface area contributed by atoms with Crippen LogP contribution in [0.3, 0.4) is 0 Å². The van der Waals surface area contributed by atoms with Crippen molar-refractivity contribution in [3.8, 4) is 0 Å². The number of likely N-dealkylation sites (N-methyl/N-ethyl adjacent to an activating group) is 1. The molecule has 0 aliphatic carbocycles. The summed E-state index contributed by atoms with van der Waals surface area (Å²) < 4.78 is 30.7. The molecule has 1 aromatic heterocycles. The maximum atomic E-state index is 12.7. The fraction of sp³-hybridized carbons (Fsp3) is 0.385. The van der Waals surface area contributed by atoms with Crippen molar-refractivity contribution in [2.75, 3.05) is 6.54 Å².